The molecule has 4 saturated carbocycles. The zero-order chi connectivity index (χ0) is 40.5. The molecule has 58 heavy (non-hydrogen) atoms. The molecule has 3 aliphatic heterocycles. The molecule has 1 aromatic carbocycles. The predicted molar refractivity (Wildman–Crippen MR) is 214 cm³/mol. The number of carbonyl (C=O) groups excluding carboxylic acids is 4. The third kappa shape index (κ3) is 7.46. The third-order valence-electron chi connectivity index (χ3n) is 14.5. The Balaban J connectivity index is 1.05. The summed E-state index contributed by atoms with van der Waals surface area (Å²) in [5, 5.41) is 0.696. The Kier molecular flexibility index (Phi) is 10.2. The van der Waals surface area contributed by atoms with E-state index in [1.807, 2.05) is 18.2 Å². The lowest BCUT2D eigenvalue weighted by Gasteiger charge is -2.37. The monoisotopic (exact) mass is 817 g/mol. The van der Waals surface area contributed by atoms with Crippen LogP contribution >= 0.6 is 0 Å². The number of nitrogens with one attached hydrogen (secondary N) is 1. The number of benzene rings is 1. The van der Waals surface area contributed by atoms with Crippen LogP contribution in [0.4, 0.5) is 4.39 Å². The standard InChI is InChI=1S/C45H56FN3O8S/c1-43(21-22-43)58(54,55)48-42(53)45-24-30(45)12-7-4-2-3-6-11-29(23-37(51)56-31-13-8-5-9-14-31)41(52)49-27-44(25-35(49)36(50)26-45)20-19-33-32-15-10-16-34(46)39(32)47-38(28-17-18-28)40(33)57-44/h7,10,12,15-16,28-31,35H,2-6,8-9,11,13-14,17-27H2,1H3,(H,48,53)/b12-7-/t29-,30-,35+,44-,45-/m1/s1. The molecule has 4 heterocycles. The summed E-state index contributed by atoms with van der Waals surface area (Å²) in [6.45, 7) is 1.73. The molecule has 13 heteroatoms. The fourth-order valence-corrected chi connectivity index (χ4v) is 11.6. The largest absolute Gasteiger partial charge is 0.483 e. The summed E-state index contributed by atoms with van der Waals surface area (Å²) in [4.78, 5) is 63.9. The quantitative estimate of drug-likeness (QED) is 0.225. The van der Waals surface area contributed by atoms with Gasteiger partial charge < -0.3 is 14.4 Å². The lowest BCUT2D eigenvalue weighted by atomic mass is 9.85. The van der Waals surface area contributed by atoms with E-state index in [0.717, 1.165) is 76.2 Å². The highest BCUT2D eigenvalue weighted by Gasteiger charge is 2.63. The highest BCUT2D eigenvalue weighted by Crippen LogP contribution is 2.58. The van der Waals surface area contributed by atoms with Crippen molar-refractivity contribution in [1.29, 1.82) is 0 Å². The number of halogens is 1. The van der Waals surface area contributed by atoms with Crippen LogP contribution in [0, 0.1) is 23.1 Å². The second kappa shape index (κ2) is 15.0. The van der Waals surface area contributed by atoms with Crippen LogP contribution in [0.25, 0.3) is 10.9 Å². The first-order chi connectivity index (χ1) is 27.8. The van der Waals surface area contributed by atoms with Crippen LogP contribution < -0.4 is 9.46 Å². The molecular formula is C45H56FN3O8S. The van der Waals surface area contributed by atoms with Gasteiger partial charge in [-0.3, -0.25) is 23.9 Å². The number of ether oxygens (including phenoxy) is 2. The normalized spacial score (nSPS) is 31.9. The number of fused-ring (bicyclic) bond motifs is 5. The van der Waals surface area contributed by atoms with Gasteiger partial charge >= 0.3 is 5.97 Å². The van der Waals surface area contributed by atoms with Gasteiger partial charge in [-0.05, 0) is 109 Å². The maximum Gasteiger partial charge on any atom is 0.306 e. The first-order valence-electron chi connectivity index (χ1n) is 21.9. The van der Waals surface area contributed by atoms with Gasteiger partial charge in [-0.2, -0.15) is 0 Å². The van der Waals surface area contributed by atoms with Crippen LogP contribution in [-0.4, -0.2) is 70.9 Å². The van der Waals surface area contributed by atoms with Crippen molar-refractivity contribution in [2.45, 2.75) is 164 Å². The fraction of sp³-hybridized carbons (Fsp3) is 0.667. The van der Waals surface area contributed by atoms with Crippen LogP contribution in [-0.2, 0) is 40.4 Å². The number of sulfonamides is 1. The van der Waals surface area contributed by atoms with Crippen molar-refractivity contribution < 1.29 is 41.5 Å². The molecular weight excluding hydrogens is 762 g/mol. The summed E-state index contributed by atoms with van der Waals surface area (Å²) < 4.78 is 56.1. The Labute approximate surface area is 340 Å². The fourth-order valence-electron chi connectivity index (χ4n) is 10.3. The van der Waals surface area contributed by atoms with E-state index in [4.69, 9.17) is 14.5 Å². The number of hydrogen-bond donors (Lipinski definition) is 1. The number of esters is 1. The van der Waals surface area contributed by atoms with Crippen molar-refractivity contribution in [1.82, 2.24) is 14.6 Å². The van der Waals surface area contributed by atoms with Crippen LogP contribution in [0.5, 0.6) is 5.75 Å². The van der Waals surface area contributed by atoms with E-state index in [1.165, 1.54) is 6.07 Å². The summed E-state index contributed by atoms with van der Waals surface area (Å²) in [5.74, 6) is -2.33. The number of nitrogens with zero attached hydrogens (tertiary/aromatic N) is 2. The van der Waals surface area contributed by atoms with Gasteiger partial charge in [0.15, 0.2) is 5.78 Å². The molecule has 0 radical (unpaired) electrons. The smallest absolute Gasteiger partial charge is 0.306 e. The summed E-state index contributed by atoms with van der Waals surface area (Å²) in [6, 6.07) is 3.99. The number of ketones is 1. The van der Waals surface area contributed by atoms with Crippen molar-refractivity contribution in [3.05, 3.63) is 47.4 Å². The molecule has 0 bridgehead atoms. The van der Waals surface area contributed by atoms with E-state index in [1.54, 1.807) is 17.9 Å². The maximum absolute atomic E-state index is 15.1. The van der Waals surface area contributed by atoms with Gasteiger partial charge in [0.2, 0.25) is 21.8 Å². The number of hydrogen-bond acceptors (Lipinski definition) is 9. The van der Waals surface area contributed by atoms with Crippen LogP contribution in [0.2, 0.25) is 0 Å². The molecule has 11 nitrogen and oxygen atoms in total. The van der Waals surface area contributed by atoms with Crippen molar-refractivity contribution in [2.24, 2.45) is 17.3 Å². The highest BCUT2D eigenvalue weighted by molar-refractivity contribution is 7.91. The zero-order valence-electron chi connectivity index (χ0n) is 33.6. The van der Waals surface area contributed by atoms with Gasteiger partial charge in [-0.15, -0.1) is 0 Å². The lowest BCUT2D eigenvalue weighted by molar-refractivity contribution is -0.155. The van der Waals surface area contributed by atoms with E-state index in [-0.39, 0.29) is 61.3 Å². The first kappa shape index (κ1) is 39.6. The number of aromatic nitrogens is 1. The molecule has 1 N–H and O–H groups in total. The van der Waals surface area contributed by atoms with Crippen molar-refractivity contribution >= 4 is 44.5 Å². The lowest BCUT2D eigenvalue weighted by Crippen LogP contribution is -2.48. The minimum atomic E-state index is -3.95. The second-order valence-corrected chi connectivity index (χ2v) is 21.1. The van der Waals surface area contributed by atoms with Gasteiger partial charge in [0.25, 0.3) is 0 Å². The number of allylic oxidation sites excluding steroid dienone is 2. The molecule has 1 spiro atoms. The van der Waals surface area contributed by atoms with Crippen molar-refractivity contribution in [3.8, 4) is 5.75 Å². The average Bonchev–Trinajstić information content (AvgIpc) is 4.13. The highest BCUT2D eigenvalue weighted by atomic mass is 32.2. The molecule has 2 aromatic rings. The number of Topliss-reactive ketones (excluding diaryl/α,β-unsaturated/α-hetero) is 1. The molecule has 0 unspecified atom stereocenters. The topological polar surface area (TPSA) is 149 Å². The van der Waals surface area contributed by atoms with Gasteiger partial charge in [0.1, 0.15) is 28.8 Å². The SMILES string of the molecule is CC1(S(=O)(=O)NC(=O)[C@]23CC(=O)[C@@H]4C[C@]5(CCc6c(c(C7CC7)nc7c(F)cccc67)O5)CN4C(=O)[C@@H](CC(=O)OC4CCCCC4)CCCCC/C=C\[C@@H]2C3)CC1. The minimum Gasteiger partial charge on any atom is -0.483 e. The van der Waals surface area contributed by atoms with Gasteiger partial charge in [0.05, 0.1) is 34.9 Å². The molecule has 2 amide bonds. The molecule has 312 valence electrons. The number of carbonyl (C=O) groups is 4. The van der Waals surface area contributed by atoms with Crippen LogP contribution in [0.1, 0.15) is 146 Å². The van der Waals surface area contributed by atoms with Gasteiger partial charge in [0, 0.05) is 35.6 Å². The Morgan fingerprint density at radius 2 is 1.76 bits per heavy atom. The van der Waals surface area contributed by atoms with Crippen LogP contribution in [0.3, 0.4) is 0 Å². The van der Waals surface area contributed by atoms with E-state index < -0.39 is 49.6 Å². The molecule has 4 aliphatic carbocycles. The summed E-state index contributed by atoms with van der Waals surface area (Å²) in [5.41, 5.74) is -0.298. The Hall–Kier alpha value is -3.87. The summed E-state index contributed by atoms with van der Waals surface area (Å²) in [7, 11) is -3.95. The number of amides is 2. The van der Waals surface area contributed by atoms with Crippen molar-refractivity contribution in [2.75, 3.05) is 6.54 Å². The molecule has 7 aliphatic rings. The van der Waals surface area contributed by atoms with E-state index >= 15 is 9.18 Å². The molecule has 5 atom stereocenters. The number of para-hydroxylation sites is 1. The second-order valence-electron chi connectivity index (χ2n) is 18.9. The molecule has 1 saturated heterocycles. The number of rotatable bonds is 7. The predicted octanol–water partition coefficient (Wildman–Crippen LogP) is 7.28. The molecule has 9 rings (SSSR count). The maximum atomic E-state index is 15.1. The third-order valence-corrected chi connectivity index (χ3v) is 16.7. The van der Waals surface area contributed by atoms with Crippen molar-refractivity contribution in [3.63, 3.8) is 0 Å². The molecule has 1 aromatic heterocycles. The Morgan fingerprint density at radius 3 is 2.52 bits per heavy atom. The van der Waals surface area contributed by atoms with E-state index in [9.17, 15) is 22.8 Å². The molecule has 5 fully saturated rings. The average molecular weight is 818 g/mol. The number of aryl methyl sites for hydroxylation is 1. The van der Waals surface area contributed by atoms with E-state index in [0.29, 0.717) is 60.9 Å². The Morgan fingerprint density at radius 1 is 1.00 bits per heavy atom. The number of pyridine rings is 1. The van der Waals surface area contributed by atoms with Gasteiger partial charge in [-0.25, -0.2) is 17.8 Å². The minimum absolute atomic E-state index is 0.0817. The van der Waals surface area contributed by atoms with Gasteiger partial charge in [-0.1, -0.05) is 43.5 Å². The first-order valence-corrected chi connectivity index (χ1v) is 23.3. The summed E-state index contributed by atoms with van der Waals surface area (Å²) >= 11 is 0. The zero-order valence-corrected chi connectivity index (χ0v) is 34.4. The Bertz CT molecular complexity index is 2160. The van der Waals surface area contributed by atoms with E-state index in [2.05, 4.69) is 4.72 Å². The summed E-state index contributed by atoms with van der Waals surface area (Å²) in [6.07, 6.45) is 16.2. The van der Waals surface area contributed by atoms with Crippen LogP contribution in [0.15, 0.2) is 30.4 Å².